The van der Waals surface area contributed by atoms with E-state index >= 15 is 0 Å². The molecular weight excluding hydrogens is 294 g/mol. The highest BCUT2D eigenvalue weighted by atomic mass is 32.1. The van der Waals surface area contributed by atoms with Crippen LogP contribution in [0.3, 0.4) is 0 Å². The molecule has 0 N–H and O–H groups in total. The molecule has 0 radical (unpaired) electrons. The standard InChI is InChI=1S/C17H21N3OS/c1-2-7-18-15(5-1)21-13-17-6-3-4-14(17)10-20(12-17)11-16-19-8-9-22-16/h1-2,5,7-9,14H,3-4,6,10-13H2/t14-,17+/m1/s1. The van der Waals surface area contributed by atoms with Crippen molar-refractivity contribution in [2.24, 2.45) is 11.3 Å². The molecule has 2 atom stereocenters. The van der Waals surface area contributed by atoms with Crippen LogP contribution in [0.2, 0.25) is 0 Å². The smallest absolute Gasteiger partial charge is 0.213 e. The van der Waals surface area contributed by atoms with Gasteiger partial charge in [0, 0.05) is 42.3 Å². The van der Waals surface area contributed by atoms with Crippen molar-refractivity contribution in [3.63, 3.8) is 0 Å². The predicted octanol–water partition coefficient (Wildman–Crippen LogP) is 3.22. The van der Waals surface area contributed by atoms with Crippen LogP contribution >= 0.6 is 11.3 Å². The Hall–Kier alpha value is -1.46. The molecule has 2 aromatic rings. The average Bonchev–Trinajstić information content (AvgIpc) is 3.23. The van der Waals surface area contributed by atoms with Crippen LogP contribution in [-0.4, -0.2) is 34.6 Å². The van der Waals surface area contributed by atoms with Crippen LogP contribution in [0, 0.1) is 11.3 Å². The van der Waals surface area contributed by atoms with Crippen LogP contribution in [0.4, 0.5) is 0 Å². The van der Waals surface area contributed by atoms with E-state index in [0.717, 1.165) is 31.5 Å². The van der Waals surface area contributed by atoms with Crippen molar-refractivity contribution in [1.82, 2.24) is 14.9 Å². The highest BCUT2D eigenvalue weighted by Gasteiger charge is 2.50. The second-order valence-electron chi connectivity index (χ2n) is 6.50. The largest absolute Gasteiger partial charge is 0.477 e. The molecule has 2 aliphatic rings. The molecule has 0 unspecified atom stereocenters. The van der Waals surface area contributed by atoms with Gasteiger partial charge in [-0.05, 0) is 24.8 Å². The zero-order valence-electron chi connectivity index (χ0n) is 12.6. The van der Waals surface area contributed by atoms with Gasteiger partial charge in [-0.2, -0.15) is 0 Å². The molecule has 116 valence electrons. The fraction of sp³-hybridized carbons (Fsp3) is 0.529. The number of hydrogen-bond acceptors (Lipinski definition) is 5. The van der Waals surface area contributed by atoms with Crippen molar-refractivity contribution in [3.8, 4) is 5.88 Å². The Morgan fingerprint density at radius 3 is 3.14 bits per heavy atom. The summed E-state index contributed by atoms with van der Waals surface area (Å²) in [5.74, 6) is 1.51. The van der Waals surface area contributed by atoms with Crippen molar-refractivity contribution in [2.45, 2.75) is 25.8 Å². The summed E-state index contributed by atoms with van der Waals surface area (Å²) in [4.78, 5) is 11.3. The average molecular weight is 315 g/mol. The van der Waals surface area contributed by atoms with Crippen LogP contribution in [0.1, 0.15) is 24.3 Å². The number of thiazole rings is 1. The first-order valence-electron chi connectivity index (χ1n) is 7.99. The van der Waals surface area contributed by atoms with Crippen LogP contribution < -0.4 is 4.74 Å². The van der Waals surface area contributed by atoms with E-state index in [0.29, 0.717) is 5.41 Å². The van der Waals surface area contributed by atoms with E-state index < -0.39 is 0 Å². The van der Waals surface area contributed by atoms with E-state index in [1.54, 1.807) is 17.5 Å². The van der Waals surface area contributed by atoms with Crippen LogP contribution in [0.5, 0.6) is 5.88 Å². The van der Waals surface area contributed by atoms with Gasteiger partial charge in [0.1, 0.15) is 5.01 Å². The topological polar surface area (TPSA) is 38.2 Å². The summed E-state index contributed by atoms with van der Waals surface area (Å²) >= 11 is 1.75. The quantitative estimate of drug-likeness (QED) is 0.849. The maximum absolute atomic E-state index is 6.03. The highest BCUT2D eigenvalue weighted by molar-refractivity contribution is 7.09. The van der Waals surface area contributed by atoms with Gasteiger partial charge in [0.2, 0.25) is 5.88 Å². The molecule has 2 fully saturated rings. The molecule has 4 nitrogen and oxygen atoms in total. The molecule has 4 rings (SSSR count). The number of hydrogen-bond donors (Lipinski definition) is 0. The Bertz CT molecular complexity index is 604. The minimum Gasteiger partial charge on any atom is -0.477 e. The molecule has 22 heavy (non-hydrogen) atoms. The number of likely N-dealkylation sites (tertiary alicyclic amines) is 1. The Morgan fingerprint density at radius 2 is 2.32 bits per heavy atom. The fourth-order valence-corrected chi connectivity index (χ4v) is 4.71. The maximum Gasteiger partial charge on any atom is 0.213 e. The van der Waals surface area contributed by atoms with Gasteiger partial charge in [0.25, 0.3) is 0 Å². The van der Waals surface area contributed by atoms with Crippen molar-refractivity contribution in [3.05, 3.63) is 41.0 Å². The molecule has 0 aromatic carbocycles. The molecule has 0 amide bonds. The first-order valence-corrected chi connectivity index (χ1v) is 8.87. The van der Waals surface area contributed by atoms with Gasteiger partial charge in [-0.1, -0.05) is 12.5 Å². The van der Waals surface area contributed by atoms with E-state index in [1.165, 1.54) is 30.8 Å². The van der Waals surface area contributed by atoms with Crippen molar-refractivity contribution in [1.29, 1.82) is 0 Å². The number of fused-ring (bicyclic) bond motifs is 1. The van der Waals surface area contributed by atoms with Gasteiger partial charge in [-0.25, -0.2) is 9.97 Å². The number of aromatic nitrogens is 2. The number of pyridine rings is 1. The molecule has 3 heterocycles. The minimum atomic E-state index is 0.314. The van der Waals surface area contributed by atoms with Crippen LogP contribution in [-0.2, 0) is 6.54 Å². The summed E-state index contributed by atoms with van der Waals surface area (Å²) < 4.78 is 6.03. The van der Waals surface area contributed by atoms with Gasteiger partial charge in [0.05, 0.1) is 13.2 Å². The summed E-state index contributed by atoms with van der Waals surface area (Å²) in [5, 5.41) is 3.28. The predicted molar refractivity (Wildman–Crippen MR) is 86.9 cm³/mol. The normalized spacial score (nSPS) is 27.9. The lowest BCUT2D eigenvalue weighted by molar-refractivity contribution is 0.124. The van der Waals surface area contributed by atoms with Gasteiger partial charge >= 0.3 is 0 Å². The second-order valence-corrected chi connectivity index (χ2v) is 7.48. The fourth-order valence-electron chi connectivity index (χ4n) is 4.05. The molecule has 5 heteroatoms. The molecule has 1 saturated heterocycles. The third kappa shape index (κ3) is 2.75. The summed E-state index contributed by atoms with van der Waals surface area (Å²) in [7, 11) is 0. The molecule has 1 aliphatic carbocycles. The van der Waals surface area contributed by atoms with Crippen molar-refractivity contribution in [2.75, 3.05) is 19.7 Å². The minimum absolute atomic E-state index is 0.314. The first-order chi connectivity index (χ1) is 10.8. The molecule has 0 bridgehead atoms. The van der Waals surface area contributed by atoms with E-state index in [1.807, 2.05) is 24.4 Å². The summed E-state index contributed by atoms with van der Waals surface area (Å²) in [5.41, 5.74) is 0.314. The van der Waals surface area contributed by atoms with Gasteiger partial charge < -0.3 is 4.74 Å². The van der Waals surface area contributed by atoms with Crippen molar-refractivity contribution < 1.29 is 4.74 Å². The lowest BCUT2D eigenvalue weighted by Gasteiger charge is -2.28. The van der Waals surface area contributed by atoms with E-state index in [2.05, 4.69) is 20.2 Å². The third-order valence-electron chi connectivity index (χ3n) is 5.10. The van der Waals surface area contributed by atoms with Crippen LogP contribution in [0.25, 0.3) is 0 Å². The van der Waals surface area contributed by atoms with E-state index in [4.69, 9.17) is 4.74 Å². The summed E-state index contributed by atoms with van der Waals surface area (Å²) in [6.45, 7) is 4.10. The number of rotatable bonds is 5. The zero-order chi connectivity index (χ0) is 14.8. The zero-order valence-corrected chi connectivity index (χ0v) is 13.5. The van der Waals surface area contributed by atoms with Crippen LogP contribution in [0.15, 0.2) is 36.0 Å². The lowest BCUT2D eigenvalue weighted by atomic mass is 9.82. The van der Waals surface area contributed by atoms with E-state index in [9.17, 15) is 0 Å². The molecule has 2 aromatic heterocycles. The summed E-state index contributed by atoms with van der Waals surface area (Å²) in [6, 6.07) is 5.85. The molecule has 1 aliphatic heterocycles. The monoisotopic (exact) mass is 315 g/mol. The number of nitrogens with zero attached hydrogens (tertiary/aromatic N) is 3. The maximum atomic E-state index is 6.03. The third-order valence-corrected chi connectivity index (χ3v) is 5.86. The van der Waals surface area contributed by atoms with Gasteiger partial charge in [0.15, 0.2) is 0 Å². The summed E-state index contributed by atoms with van der Waals surface area (Å²) in [6.07, 6.45) is 7.64. The lowest BCUT2D eigenvalue weighted by Crippen LogP contribution is -2.33. The van der Waals surface area contributed by atoms with E-state index in [-0.39, 0.29) is 0 Å². The Balaban J connectivity index is 1.42. The second kappa shape index (κ2) is 5.97. The molecular formula is C17H21N3OS. The highest BCUT2D eigenvalue weighted by Crippen LogP contribution is 2.49. The number of ether oxygens (including phenoxy) is 1. The first kappa shape index (κ1) is 14.2. The molecule has 0 spiro atoms. The SMILES string of the molecule is c1ccc(OC[C@@]23CCC[C@@H]2CN(Cc2nccs2)C3)nc1. The Labute approximate surface area is 135 Å². The van der Waals surface area contributed by atoms with Gasteiger partial charge in [-0.15, -0.1) is 11.3 Å². The Morgan fingerprint density at radius 1 is 1.32 bits per heavy atom. The Kier molecular flexibility index (Phi) is 3.84. The van der Waals surface area contributed by atoms with Gasteiger partial charge in [-0.3, -0.25) is 4.90 Å². The van der Waals surface area contributed by atoms with Crippen molar-refractivity contribution >= 4 is 11.3 Å². The molecule has 1 saturated carbocycles.